The van der Waals surface area contributed by atoms with Gasteiger partial charge in [0.1, 0.15) is 30.0 Å². The second kappa shape index (κ2) is 8.29. The molecule has 2 aromatic carbocycles. The quantitative estimate of drug-likeness (QED) is 0.486. The second-order valence-corrected chi connectivity index (χ2v) is 7.99. The summed E-state index contributed by atoms with van der Waals surface area (Å²) in [4.78, 5) is 12.2. The Morgan fingerprint density at radius 3 is 2.60 bits per heavy atom. The summed E-state index contributed by atoms with van der Waals surface area (Å²) in [7, 11) is -3.77. The van der Waals surface area contributed by atoms with E-state index in [-0.39, 0.29) is 5.56 Å². The number of sulfonamides is 1. The fourth-order valence-electron chi connectivity index (χ4n) is 2.67. The lowest BCUT2D eigenvalue weighted by Gasteiger charge is -2.10. The van der Waals surface area contributed by atoms with Crippen LogP contribution < -0.4 is 9.46 Å². The summed E-state index contributed by atoms with van der Waals surface area (Å²) in [5, 5.41) is 0. The van der Waals surface area contributed by atoms with E-state index in [1.54, 1.807) is 59.7 Å². The number of hydrogen-bond donors (Lipinski definition) is 1. The maximum atomic E-state index is 13.7. The van der Waals surface area contributed by atoms with Crippen LogP contribution in [0.1, 0.15) is 5.56 Å². The predicted octanol–water partition coefficient (Wildman–Crippen LogP) is 3.54. The number of anilines is 1. The van der Waals surface area contributed by atoms with E-state index in [9.17, 15) is 12.8 Å². The molecule has 4 aromatic rings. The first-order valence-corrected chi connectivity index (χ1v) is 10.5. The Kier molecular flexibility index (Phi) is 5.40. The average molecular weight is 425 g/mol. The average Bonchev–Trinajstić information content (AvgIpc) is 3.26. The first kappa shape index (κ1) is 19.5. The molecule has 0 bridgehead atoms. The Morgan fingerprint density at radius 1 is 1.07 bits per heavy atom. The maximum Gasteiger partial charge on any atom is 0.237 e. The Morgan fingerprint density at radius 2 is 1.87 bits per heavy atom. The molecule has 1 N–H and O–H groups in total. The van der Waals surface area contributed by atoms with Crippen molar-refractivity contribution in [1.29, 1.82) is 0 Å². The van der Waals surface area contributed by atoms with Gasteiger partial charge in [0.15, 0.2) is 0 Å². The molecule has 0 aliphatic heterocycles. The molecule has 0 saturated carbocycles. The zero-order valence-corrected chi connectivity index (χ0v) is 16.3. The summed E-state index contributed by atoms with van der Waals surface area (Å²) in [6.07, 6.45) is 6.35. The largest absolute Gasteiger partial charge is 0.439 e. The summed E-state index contributed by atoms with van der Waals surface area (Å²) < 4.78 is 48.2. The van der Waals surface area contributed by atoms with Crippen LogP contribution in [0.15, 0.2) is 79.6 Å². The third-order valence-corrected chi connectivity index (χ3v) is 5.29. The van der Waals surface area contributed by atoms with E-state index in [4.69, 9.17) is 4.74 Å². The van der Waals surface area contributed by atoms with Crippen LogP contribution in [0, 0.1) is 5.82 Å². The van der Waals surface area contributed by atoms with E-state index in [0.29, 0.717) is 23.1 Å². The van der Waals surface area contributed by atoms with Crippen molar-refractivity contribution in [3.8, 4) is 17.4 Å². The highest BCUT2D eigenvalue weighted by Crippen LogP contribution is 2.23. The topological polar surface area (TPSA) is 99.0 Å². The molecule has 0 radical (unpaired) electrons. The summed E-state index contributed by atoms with van der Waals surface area (Å²) in [5.41, 5.74) is 0.433. The smallest absolute Gasteiger partial charge is 0.237 e. The van der Waals surface area contributed by atoms with E-state index in [2.05, 4.69) is 19.7 Å². The normalized spacial score (nSPS) is 11.2. The first-order valence-electron chi connectivity index (χ1n) is 8.81. The van der Waals surface area contributed by atoms with Crippen molar-refractivity contribution in [3.63, 3.8) is 0 Å². The minimum Gasteiger partial charge on any atom is -0.439 e. The molecule has 0 fully saturated rings. The SMILES string of the molecule is O=S(=O)(Cc1ccccc1F)Nc1ccc(Oc2cc(-n3ccnc3)ncn2)cc1. The summed E-state index contributed by atoms with van der Waals surface area (Å²) in [6.45, 7) is 0. The number of ether oxygens (including phenoxy) is 1. The van der Waals surface area contributed by atoms with E-state index in [1.807, 2.05) is 0 Å². The van der Waals surface area contributed by atoms with Crippen LogP contribution in [-0.2, 0) is 15.8 Å². The fraction of sp³-hybridized carbons (Fsp3) is 0.0500. The molecule has 0 aliphatic carbocycles. The van der Waals surface area contributed by atoms with Gasteiger partial charge >= 0.3 is 0 Å². The van der Waals surface area contributed by atoms with Gasteiger partial charge in [0.2, 0.25) is 15.9 Å². The monoisotopic (exact) mass is 425 g/mol. The summed E-state index contributed by atoms with van der Waals surface area (Å²) in [6, 6.07) is 13.7. The molecule has 2 aromatic heterocycles. The lowest BCUT2D eigenvalue weighted by atomic mass is 10.2. The van der Waals surface area contributed by atoms with Crippen molar-refractivity contribution in [2.75, 3.05) is 4.72 Å². The van der Waals surface area contributed by atoms with Crippen LogP contribution in [0.5, 0.6) is 11.6 Å². The van der Waals surface area contributed by atoms with Gasteiger partial charge in [-0.1, -0.05) is 18.2 Å². The van der Waals surface area contributed by atoms with Gasteiger partial charge in [-0.05, 0) is 30.3 Å². The number of nitrogens with zero attached hydrogens (tertiary/aromatic N) is 4. The van der Waals surface area contributed by atoms with Crippen LogP contribution >= 0.6 is 0 Å². The lowest BCUT2D eigenvalue weighted by molar-refractivity contribution is 0.461. The van der Waals surface area contributed by atoms with Gasteiger partial charge in [0.05, 0.1) is 5.75 Å². The van der Waals surface area contributed by atoms with Gasteiger partial charge in [-0.3, -0.25) is 9.29 Å². The molecule has 2 heterocycles. The Bertz CT molecular complexity index is 1250. The third-order valence-electron chi connectivity index (χ3n) is 4.05. The van der Waals surface area contributed by atoms with Crippen LogP contribution in [0.3, 0.4) is 0 Å². The predicted molar refractivity (Wildman–Crippen MR) is 108 cm³/mol. The number of aromatic nitrogens is 4. The summed E-state index contributed by atoms with van der Waals surface area (Å²) in [5.74, 6) is 0.348. The first-order chi connectivity index (χ1) is 14.5. The number of benzene rings is 2. The van der Waals surface area contributed by atoms with Crippen molar-refractivity contribution in [1.82, 2.24) is 19.5 Å². The minimum atomic E-state index is -3.77. The number of hydrogen-bond acceptors (Lipinski definition) is 6. The highest BCUT2D eigenvalue weighted by molar-refractivity contribution is 7.91. The molecule has 152 valence electrons. The van der Waals surface area contributed by atoms with Gasteiger partial charge in [0, 0.05) is 29.7 Å². The summed E-state index contributed by atoms with van der Waals surface area (Å²) >= 11 is 0. The molecule has 10 heteroatoms. The number of halogens is 1. The van der Waals surface area contributed by atoms with E-state index < -0.39 is 21.6 Å². The molecule has 0 atom stereocenters. The molecular weight excluding hydrogens is 409 g/mol. The van der Waals surface area contributed by atoms with Gasteiger partial charge in [-0.2, -0.15) is 0 Å². The van der Waals surface area contributed by atoms with E-state index >= 15 is 0 Å². The van der Waals surface area contributed by atoms with E-state index in [1.165, 1.54) is 24.5 Å². The molecule has 8 nitrogen and oxygen atoms in total. The zero-order chi connectivity index (χ0) is 21.0. The number of nitrogens with one attached hydrogen (secondary N) is 1. The minimum absolute atomic E-state index is 0.0995. The van der Waals surface area contributed by atoms with Crippen molar-refractivity contribution in [2.45, 2.75) is 5.75 Å². The number of rotatable bonds is 7. The number of imidazole rings is 1. The highest BCUT2D eigenvalue weighted by atomic mass is 32.2. The molecule has 0 spiro atoms. The fourth-order valence-corrected chi connectivity index (χ4v) is 3.88. The van der Waals surface area contributed by atoms with Crippen LogP contribution in [-0.4, -0.2) is 27.9 Å². The van der Waals surface area contributed by atoms with Crippen molar-refractivity contribution < 1.29 is 17.5 Å². The van der Waals surface area contributed by atoms with Crippen molar-refractivity contribution in [3.05, 3.63) is 91.0 Å². The van der Waals surface area contributed by atoms with Crippen LogP contribution in [0.2, 0.25) is 0 Å². The lowest BCUT2D eigenvalue weighted by Crippen LogP contribution is -2.15. The van der Waals surface area contributed by atoms with Gasteiger partial charge < -0.3 is 4.74 Å². The molecule has 0 unspecified atom stereocenters. The van der Waals surface area contributed by atoms with Gasteiger partial charge in [0.25, 0.3) is 0 Å². The van der Waals surface area contributed by atoms with Crippen molar-refractivity contribution in [2.24, 2.45) is 0 Å². The second-order valence-electron chi connectivity index (χ2n) is 6.26. The van der Waals surface area contributed by atoms with Gasteiger partial charge in [-0.15, -0.1) is 0 Å². The molecule has 30 heavy (non-hydrogen) atoms. The maximum absolute atomic E-state index is 13.7. The molecule has 4 rings (SSSR count). The molecule has 0 amide bonds. The Balaban J connectivity index is 1.43. The molecule has 0 aliphatic rings. The standard InChI is InChI=1S/C20H16FN5O3S/c21-18-4-2-1-3-15(18)12-30(27,28)25-16-5-7-17(8-6-16)29-20-11-19(23-13-24-20)26-10-9-22-14-26/h1-11,13-14,25H,12H2. The van der Waals surface area contributed by atoms with Crippen LogP contribution in [0.25, 0.3) is 5.82 Å². The van der Waals surface area contributed by atoms with E-state index in [0.717, 1.165) is 0 Å². The zero-order valence-electron chi connectivity index (χ0n) is 15.5. The van der Waals surface area contributed by atoms with Crippen molar-refractivity contribution >= 4 is 15.7 Å². The Hall–Kier alpha value is -3.79. The van der Waals surface area contributed by atoms with Crippen LogP contribution in [0.4, 0.5) is 10.1 Å². The third kappa shape index (κ3) is 4.78. The highest BCUT2D eigenvalue weighted by Gasteiger charge is 2.14. The molecule has 0 saturated heterocycles. The van der Waals surface area contributed by atoms with Gasteiger partial charge in [-0.25, -0.2) is 27.8 Å². The molecular formula is C20H16FN5O3S. The Labute approximate surface area is 172 Å².